The second-order valence-corrected chi connectivity index (χ2v) is 3.18. The van der Waals surface area contributed by atoms with Crippen LogP contribution in [-0.4, -0.2) is 17.1 Å². The number of pyridine rings is 1. The van der Waals surface area contributed by atoms with Crippen LogP contribution in [0.1, 0.15) is 5.56 Å². The highest BCUT2D eigenvalue weighted by Gasteiger charge is 2.05. The van der Waals surface area contributed by atoms with Gasteiger partial charge in [0.25, 0.3) is 0 Å². The zero-order valence-electron chi connectivity index (χ0n) is 7.99. The number of phenolic OH excluding ortho intramolecular Hbond substituents is 1. The van der Waals surface area contributed by atoms with Crippen LogP contribution in [0.25, 0.3) is 10.9 Å². The first-order valence-electron chi connectivity index (χ1n) is 4.53. The average molecular weight is 188 g/mol. The van der Waals surface area contributed by atoms with Gasteiger partial charge in [-0.3, -0.25) is 4.98 Å². The molecule has 1 aromatic heterocycles. The Balaban J connectivity index is 2.63. The van der Waals surface area contributed by atoms with Crippen molar-refractivity contribution in [3.63, 3.8) is 0 Å². The predicted molar refractivity (Wildman–Crippen MR) is 56.2 cm³/mol. The summed E-state index contributed by atoms with van der Waals surface area (Å²) in [6.07, 6.45) is 1.69. The van der Waals surface area contributed by atoms with Crippen LogP contribution in [0.15, 0.2) is 30.5 Å². The second-order valence-electron chi connectivity index (χ2n) is 3.18. The van der Waals surface area contributed by atoms with Gasteiger partial charge in [0.05, 0.1) is 0 Å². The van der Waals surface area contributed by atoms with Crippen molar-refractivity contribution in [1.82, 2.24) is 10.3 Å². The second kappa shape index (κ2) is 3.64. The van der Waals surface area contributed by atoms with Crippen LogP contribution < -0.4 is 5.32 Å². The molecule has 1 aromatic carbocycles. The standard InChI is InChI=1S/C11H12N2O/c1-12-7-9-5-4-8-3-2-6-13-10(8)11(9)14/h2-6,12,14H,7H2,1H3. The van der Waals surface area contributed by atoms with Crippen LogP contribution in [0.5, 0.6) is 5.75 Å². The summed E-state index contributed by atoms with van der Waals surface area (Å²) in [6, 6.07) is 7.68. The molecule has 0 aliphatic carbocycles. The van der Waals surface area contributed by atoms with Crippen molar-refractivity contribution in [2.45, 2.75) is 6.54 Å². The maximum Gasteiger partial charge on any atom is 0.146 e. The fraction of sp³-hybridized carbons (Fsp3) is 0.182. The van der Waals surface area contributed by atoms with E-state index in [1.165, 1.54) is 0 Å². The van der Waals surface area contributed by atoms with E-state index in [4.69, 9.17) is 0 Å². The summed E-state index contributed by atoms with van der Waals surface area (Å²) in [7, 11) is 1.85. The van der Waals surface area contributed by atoms with Crippen molar-refractivity contribution in [1.29, 1.82) is 0 Å². The molecular weight excluding hydrogens is 176 g/mol. The van der Waals surface area contributed by atoms with Crippen molar-refractivity contribution in [2.24, 2.45) is 0 Å². The molecule has 0 spiro atoms. The third kappa shape index (κ3) is 1.42. The third-order valence-corrected chi connectivity index (χ3v) is 2.20. The van der Waals surface area contributed by atoms with Crippen molar-refractivity contribution < 1.29 is 5.11 Å². The average Bonchev–Trinajstić information content (AvgIpc) is 2.23. The van der Waals surface area contributed by atoms with Crippen LogP contribution in [0.4, 0.5) is 0 Å². The fourth-order valence-corrected chi connectivity index (χ4v) is 1.50. The fourth-order valence-electron chi connectivity index (χ4n) is 1.50. The molecule has 0 saturated carbocycles. The number of aromatic hydroxyl groups is 1. The van der Waals surface area contributed by atoms with Crippen LogP contribution in [0, 0.1) is 0 Å². The summed E-state index contributed by atoms with van der Waals surface area (Å²) >= 11 is 0. The molecule has 0 atom stereocenters. The molecule has 3 nitrogen and oxygen atoms in total. The molecule has 0 fully saturated rings. The Morgan fingerprint density at radius 3 is 3.00 bits per heavy atom. The minimum Gasteiger partial charge on any atom is -0.505 e. The number of fused-ring (bicyclic) bond motifs is 1. The number of hydrogen-bond donors (Lipinski definition) is 2. The van der Waals surface area contributed by atoms with Gasteiger partial charge in [-0.05, 0) is 13.1 Å². The Bertz CT molecular complexity index is 454. The Morgan fingerprint density at radius 2 is 2.21 bits per heavy atom. The van der Waals surface area contributed by atoms with Crippen LogP contribution in [-0.2, 0) is 6.54 Å². The van der Waals surface area contributed by atoms with Gasteiger partial charge in [0.1, 0.15) is 11.3 Å². The van der Waals surface area contributed by atoms with E-state index >= 15 is 0 Å². The van der Waals surface area contributed by atoms with Gasteiger partial charge < -0.3 is 10.4 Å². The quantitative estimate of drug-likeness (QED) is 0.753. The molecular formula is C11H12N2O. The lowest BCUT2D eigenvalue weighted by molar-refractivity contribution is 0.471. The highest BCUT2D eigenvalue weighted by Crippen LogP contribution is 2.26. The van der Waals surface area contributed by atoms with Gasteiger partial charge in [-0.15, -0.1) is 0 Å². The van der Waals surface area contributed by atoms with Crippen LogP contribution in [0.2, 0.25) is 0 Å². The molecule has 2 rings (SSSR count). The lowest BCUT2D eigenvalue weighted by Gasteiger charge is -2.05. The van der Waals surface area contributed by atoms with Gasteiger partial charge in [0.2, 0.25) is 0 Å². The molecule has 3 heteroatoms. The van der Waals surface area contributed by atoms with E-state index in [0.29, 0.717) is 12.1 Å². The topological polar surface area (TPSA) is 45.2 Å². The number of nitrogens with zero attached hydrogens (tertiary/aromatic N) is 1. The number of nitrogens with one attached hydrogen (secondary N) is 1. The SMILES string of the molecule is CNCc1ccc2cccnc2c1O. The molecule has 0 aliphatic heterocycles. The maximum absolute atomic E-state index is 9.88. The lowest BCUT2D eigenvalue weighted by Crippen LogP contribution is -2.05. The summed E-state index contributed by atoms with van der Waals surface area (Å²) in [4.78, 5) is 4.15. The van der Waals surface area contributed by atoms with E-state index in [9.17, 15) is 5.11 Å². The molecule has 1 heterocycles. The largest absolute Gasteiger partial charge is 0.505 e. The highest BCUT2D eigenvalue weighted by atomic mass is 16.3. The summed E-state index contributed by atoms with van der Waals surface area (Å²) in [5.41, 5.74) is 1.54. The minimum atomic E-state index is 0.275. The van der Waals surface area contributed by atoms with Gasteiger partial charge >= 0.3 is 0 Å². The number of hydrogen-bond acceptors (Lipinski definition) is 3. The molecule has 0 saturated heterocycles. The Kier molecular flexibility index (Phi) is 2.33. The smallest absolute Gasteiger partial charge is 0.146 e. The number of aromatic nitrogens is 1. The first-order valence-corrected chi connectivity index (χ1v) is 4.53. The normalized spacial score (nSPS) is 10.6. The number of rotatable bonds is 2. The lowest BCUT2D eigenvalue weighted by atomic mass is 10.1. The van der Waals surface area contributed by atoms with Gasteiger partial charge in [0.15, 0.2) is 0 Å². The van der Waals surface area contributed by atoms with E-state index in [-0.39, 0.29) is 5.75 Å². The third-order valence-electron chi connectivity index (χ3n) is 2.20. The summed E-state index contributed by atoms with van der Waals surface area (Å²) < 4.78 is 0. The van der Waals surface area contributed by atoms with E-state index in [1.807, 2.05) is 31.3 Å². The molecule has 0 bridgehead atoms. The van der Waals surface area contributed by atoms with Gasteiger partial charge in [-0.1, -0.05) is 18.2 Å². The summed E-state index contributed by atoms with van der Waals surface area (Å²) in [5, 5.41) is 13.8. The first kappa shape index (κ1) is 8.97. The monoisotopic (exact) mass is 188 g/mol. The zero-order valence-corrected chi connectivity index (χ0v) is 7.99. The molecule has 72 valence electrons. The molecule has 0 radical (unpaired) electrons. The highest BCUT2D eigenvalue weighted by molar-refractivity contribution is 5.85. The molecule has 14 heavy (non-hydrogen) atoms. The number of phenols is 1. The van der Waals surface area contributed by atoms with E-state index in [0.717, 1.165) is 10.9 Å². The Morgan fingerprint density at radius 1 is 1.36 bits per heavy atom. The van der Waals surface area contributed by atoms with E-state index < -0.39 is 0 Å². The van der Waals surface area contributed by atoms with Crippen molar-refractivity contribution >= 4 is 10.9 Å². The van der Waals surface area contributed by atoms with E-state index in [1.54, 1.807) is 6.20 Å². The molecule has 2 aromatic rings. The van der Waals surface area contributed by atoms with Crippen molar-refractivity contribution in [3.05, 3.63) is 36.0 Å². The van der Waals surface area contributed by atoms with Crippen LogP contribution in [0.3, 0.4) is 0 Å². The summed E-state index contributed by atoms with van der Waals surface area (Å²) in [6.45, 7) is 0.651. The van der Waals surface area contributed by atoms with Crippen molar-refractivity contribution in [2.75, 3.05) is 7.05 Å². The molecule has 2 N–H and O–H groups in total. The summed E-state index contributed by atoms with van der Waals surface area (Å²) in [5.74, 6) is 0.275. The van der Waals surface area contributed by atoms with Crippen molar-refractivity contribution in [3.8, 4) is 5.75 Å². The van der Waals surface area contributed by atoms with Gasteiger partial charge in [0, 0.05) is 23.7 Å². The maximum atomic E-state index is 9.88. The first-order chi connectivity index (χ1) is 6.83. The van der Waals surface area contributed by atoms with E-state index in [2.05, 4.69) is 10.3 Å². The zero-order chi connectivity index (χ0) is 9.97. The van der Waals surface area contributed by atoms with Gasteiger partial charge in [-0.2, -0.15) is 0 Å². The molecule has 0 amide bonds. The Hall–Kier alpha value is -1.61. The van der Waals surface area contributed by atoms with Gasteiger partial charge in [-0.25, -0.2) is 0 Å². The molecule has 0 unspecified atom stereocenters. The Labute approximate surface area is 82.4 Å². The number of benzene rings is 1. The predicted octanol–water partition coefficient (Wildman–Crippen LogP) is 1.66. The van der Waals surface area contributed by atoms with Crippen LogP contribution >= 0.6 is 0 Å². The molecule has 0 aliphatic rings. The minimum absolute atomic E-state index is 0.275.